The third kappa shape index (κ3) is 4.10. The highest BCUT2D eigenvalue weighted by atomic mass is 19.3. The molecule has 1 aliphatic carbocycles. The summed E-state index contributed by atoms with van der Waals surface area (Å²) in [6.45, 7) is 1.96. The normalized spacial score (nSPS) is 21.9. The van der Waals surface area contributed by atoms with Gasteiger partial charge in [0.1, 0.15) is 12.3 Å². The molecule has 1 aromatic carbocycles. The molecule has 0 spiro atoms. The molecule has 2 fully saturated rings. The Morgan fingerprint density at radius 3 is 2.85 bits per heavy atom. The fourth-order valence-electron chi connectivity index (χ4n) is 3.07. The van der Waals surface area contributed by atoms with Crippen molar-refractivity contribution in [2.75, 3.05) is 6.61 Å². The van der Waals surface area contributed by atoms with Crippen molar-refractivity contribution in [2.45, 2.75) is 51.2 Å². The van der Waals surface area contributed by atoms with Gasteiger partial charge in [0.15, 0.2) is 0 Å². The van der Waals surface area contributed by atoms with Crippen LogP contribution in [0, 0.1) is 24.7 Å². The summed E-state index contributed by atoms with van der Waals surface area (Å²) in [6, 6.07) is 6.08. The van der Waals surface area contributed by atoms with E-state index >= 15 is 0 Å². The minimum Gasteiger partial charge on any atom is -0.370 e. The Hall–Kier alpha value is -2.26. The van der Waals surface area contributed by atoms with Gasteiger partial charge in [-0.1, -0.05) is 23.1 Å². The summed E-state index contributed by atoms with van der Waals surface area (Å²) in [4.78, 5) is 0. The summed E-state index contributed by atoms with van der Waals surface area (Å²) in [6.07, 6.45) is 4.22. The number of aryl methyl sites for hydroxylation is 1. The van der Waals surface area contributed by atoms with Gasteiger partial charge >= 0.3 is 0 Å². The lowest BCUT2D eigenvalue weighted by molar-refractivity contribution is -0.147. The van der Waals surface area contributed by atoms with Crippen LogP contribution in [0.2, 0.25) is 0 Å². The van der Waals surface area contributed by atoms with Crippen molar-refractivity contribution in [3.05, 3.63) is 35.5 Å². The first-order valence-electron chi connectivity index (χ1n) is 9.01. The number of benzene rings is 1. The fourth-order valence-corrected chi connectivity index (χ4v) is 3.07. The number of hydrogen-bond donors (Lipinski definition) is 0. The van der Waals surface area contributed by atoms with Gasteiger partial charge in [0.2, 0.25) is 0 Å². The van der Waals surface area contributed by atoms with Crippen LogP contribution >= 0.6 is 0 Å². The fraction of sp³-hybridized carbons (Fsp3) is 0.500. The third-order valence-electron chi connectivity index (χ3n) is 4.79. The molecule has 2 heterocycles. The van der Waals surface area contributed by atoms with Crippen LogP contribution < -0.4 is 0 Å². The van der Waals surface area contributed by atoms with Gasteiger partial charge in [-0.2, -0.15) is 0 Å². The van der Waals surface area contributed by atoms with E-state index in [9.17, 15) is 8.78 Å². The van der Waals surface area contributed by atoms with Crippen LogP contribution in [0.4, 0.5) is 8.78 Å². The Morgan fingerprint density at radius 2 is 2.15 bits per heavy atom. The van der Waals surface area contributed by atoms with E-state index in [1.54, 1.807) is 4.68 Å². The van der Waals surface area contributed by atoms with E-state index in [4.69, 9.17) is 4.74 Å². The Kier molecular flexibility index (Phi) is 4.49. The Labute approximate surface area is 151 Å². The second kappa shape index (κ2) is 6.81. The van der Waals surface area contributed by atoms with Crippen LogP contribution in [-0.4, -0.2) is 33.6 Å². The molecule has 4 nitrogen and oxygen atoms in total. The van der Waals surface area contributed by atoms with Gasteiger partial charge < -0.3 is 4.74 Å². The maximum Gasteiger partial charge on any atom is 0.271 e. The average Bonchev–Trinajstić information content (AvgIpc) is 3.33. The van der Waals surface area contributed by atoms with Crippen LogP contribution in [0.3, 0.4) is 0 Å². The lowest BCUT2D eigenvalue weighted by Gasteiger charge is -2.28. The van der Waals surface area contributed by atoms with Crippen LogP contribution in [0.25, 0.3) is 11.3 Å². The molecule has 0 amide bonds. The van der Waals surface area contributed by atoms with Crippen molar-refractivity contribution in [2.24, 2.45) is 5.92 Å². The molecule has 0 unspecified atom stereocenters. The first kappa shape index (κ1) is 17.2. The first-order chi connectivity index (χ1) is 12.5. The van der Waals surface area contributed by atoms with E-state index in [0.29, 0.717) is 18.9 Å². The number of hydrogen-bond acceptors (Lipinski definition) is 3. The molecule has 26 heavy (non-hydrogen) atoms. The lowest BCUT2D eigenvalue weighted by atomic mass is 10.0. The predicted molar refractivity (Wildman–Crippen MR) is 93.7 cm³/mol. The van der Waals surface area contributed by atoms with E-state index in [-0.39, 0.29) is 12.5 Å². The van der Waals surface area contributed by atoms with Gasteiger partial charge in [-0.25, -0.2) is 13.5 Å². The Balaban J connectivity index is 1.43. The van der Waals surface area contributed by atoms with E-state index in [0.717, 1.165) is 22.4 Å². The monoisotopic (exact) mass is 357 g/mol. The molecule has 4 rings (SSSR count). The average molecular weight is 357 g/mol. The zero-order chi connectivity index (χ0) is 18.1. The molecule has 2 aromatic rings. The van der Waals surface area contributed by atoms with Gasteiger partial charge in [-0.3, -0.25) is 0 Å². The van der Waals surface area contributed by atoms with Gasteiger partial charge in [0.25, 0.3) is 5.92 Å². The third-order valence-corrected chi connectivity index (χ3v) is 4.79. The highest BCUT2D eigenvalue weighted by Gasteiger charge is 2.36. The van der Waals surface area contributed by atoms with Crippen molar-refractivity contribution in [3.63, 3.8) is 0 Å². The van der Waals surface area contributed by atoms with Crippen molar-refractivity contribution < 1.29 is 13.5 Å². The maximum absolute atomic E-state index is 13.2. The lowest BCUT2D eigenvalue weighted by Crippen LogP contribution is -2.36. The number of ether oxygens (including phenoxy) is 1. The zero-order valence-corrected chi connectivity index (χ0v) is 14.7. The van der Waals surface area contributed by atoms with Gasteiger partial charge in [0.05, 0.1) is 18.8 Å². The molecule has 2 aliphatic rings. The smallest absolute Gasteiger partial charge is 0.271 e. The maximum atomic E-state index is 13.2. The summed E-state index contributed by atoms with van der Waals surface area (Å²) in [5, 5.41) is 8.35. The van der Waals surface area contributed by atoms with Crippen molar-refractivity contribution in [1.82, 2.24) is 15.0 Å². The minimum atomic E-state index is -2.70. The summed E-state index contributed by atoms with van der Waals surface area (Å²) in [5.41, 5.74) is 3.88. The summed E-state index contributed by atoms with van der Waals surface area (Å²) < 4.78 is 33.2. The highest BCUT2D eigenvalue weighted by molar-refractivity contribution is 5.64. The minimum absolute atomic E-state index is 0.137. The van der Waals surface area contributed by atoms with Crippen molar-refractivity contribution in [3.8, 4) is 23.1 Å². The molecule has 1 aliphatic heterocycles. The van der Waals surface area contributed by atoms with Crippen molar-refractivity contribution >= 4 is 0 Å². The zero-order valence-electron chi connectivity index (χ0n) is 14.7. The highest BCUT2D eigenvalue weighted by Crippen LogP contribution is 2.29. The van der Waals surface area contributed by atoms with Crippen LogP contribution in [0.15, 0.2) is 24.4 Å². The Morgan fingerprint density at radius 1 is 1.31 bits per heavy atom. The topological polar surface area (TPSA) is 39.9 Å². The first-order valence-corrected chi connectivity index (χ1v) is 9.01. The molecule has 6 heteroatoms. The molecule has 1 saturated carbocycles. The SMILES string of the molecule is Cc1cc(C#CC2CC2)ccc1-c1cn(C[C@H]2CCC(F)(F)CO2)nn1. The number of nitrogens with zero attached hydrogens (tertiary/aromatic N) is 3. The van der Waals surface area contributed by atoms with E-state index in [2.05, 4.69) is 28.2 Å². The second-order valence-corrected chi connectivity index (χ2v) is 7.23. The van der Waals surface area contributed by atoms with E-state index < -0.39 is 12.5 Å². The molecular formula is C20H21F2N3O. The van der Waals surface area contributed by atoms with Gasteiger partial charge in [0, 0.05) is 23.5 Å². The quantitative estimate of drug-likeness (QED) is 0.784. The molecule has 0 bridgehead atoms. The van der Waals surface area contributed by atoms with E-state index in [1.165, 1.54) is 12.8 Å². The standard InChI is InChI=1S/C20H21F2N3O/c1-14-10-16(5-4-15-2-3-15)6-7-18(14)19-12-25(24-23-19)11-17-8-9-20(21,22)13-26-17/h6-7,10,12,15,17H,2-3,8-9,11,13H2,1H3/t17-/m1/s1. The summed E-state index contributed by atoms with van der Waals surface area (Å²) in [5.74, 6) is 4.37. The Bertz CT molecular complexity index is 851. The number of alkyl halides is 2. The largest absolute Gasteiger partial charge is 0.370 e. The molecular weight excluding hydrogens is 336 g/mol. The van der Waals surface area contributed by atoms with Crippen molar-refractivity contribution in [1.29, 1.82) is 0 Å². The molecule has 1 atom stereocenters. The van der Waals surface area contributed by atoms with Gasteiger partial charge in [-0.15, -0.1) is 5.10 Å². The van der Waals surface area contributed by atoms with E-state index in [1.807, 2.05) is 25.3 Å². The number of rotatable bonds is 3. The molecule has 0 N–H and O–H groups in total. The van der Waals surface area contributed by atoms with Crippen LogP contribution in [-0.2, 0) is 11.3 Å². The second-order valence-electron chi connectivity index (χ2n) is 7.23. The van der Waals surface area contributed by atoms with Gasteiger partial charge in [-0.05, 0) is 43.9 Å². The summed E-state index contributed by atoms with van der Waals surface area (Å²) >= 11 is 0. The number of halogens is 2. The molecule has 1 aromatic heterocycles. The van der Waals surface area contributed by atoms with Crippen LogP contribution in [0.1, 0.15) is 36.8 Å². The summed E-state index contributed by atoms with van der Waals surface area (Å²) in [7, 11) is 0. The molecule has 0 radical (unpaired) electrons. The number of aromatic nitrogens is 3. The predicted octanol–water partition coefficient (Wildman–Crippen LogP) is 3.83. The molecule has 136 valence electrons. The van der Waals surface area contributed by atoms with Crippen LogP contribution in [0.5, 0.6) is 0 Å². The molecule has 1 saturated heterocycles.